The van der Waals surface area contributed by atoms with E-state index >= 15 is 0 Å². The van der Waals surface area contributed by atoms with Crippen molar-refractivity contribution in [3.05, 3.63) is 47.5 Å². The highest BCUT2D eigenvalue weighted by Crippen LogP contribution is 2.15. The van der Waals surface area contributed by atoms with Crippen molar-refractivity contribution in [1.29, 1.82) is 0 Å². The van der Waals surface area contributed by atoms with E-state index in [0.717, 1.165) is 6.42 Å². The molecule has 0 heteroatoms. The second kappa shape index (κ2) is 4.66. The molecule has 13 heavy (non-hydrogen) atoms. The van der Waals surface area contributed by atoms with Crippen molar-refractivity contribution < 1.29 is 0 Å². The van der Waals surface area contributed by atoms with Crippen LogP contribution in [0.5, 0.6) is 0 Å². The van der Waals surface area contributed by atoms with E-state index < -0.39 is 0 Å². The van der Waals surface area contributed by atoms with Crippen molar-refractivity contribution in [2.24, 2.45) is 0 Å². The molecule has 0 N–H and O–H groups in total. The zero-order chi connectivity index (χ0) is 9.68. The van der Waals surface area contributed by atoms with Crippen LogP contribution in [0.4, 0.5) is 0 Å². The van der Waals surface area contributed by atoms with Gasteiger partial charge in [0.2, 0.25) is 0 Å². The van der Waals surface area contributed by atoms with Crippen LogP contribution in [0.1, 0.15) is 30.5 Å². The maximum Gasteiger partial charge on any atom is -0.0222 e. The smallest absolute Gasteiger partial charge is 0.0222 e. The zero-order valence-corrected chi connectivity index (χ0v) is 8.38. The Morgan fingerprint density at radius 2 is 2.15 bits per heavy atom. The molecule has 0 aromatic heterocycles. The summed E-state index contributed by atoms with van der Waals surface area (Å²) >= 11 is 0. The van der Waals surface area contributed by atoms with Crippen LogP contribution >= 0.6 is 0 Å². The highest BCUT2D eigenvalue weighted by Gasteiger charge is 1.96. The minimum Gasteiger partial charge on any atom is -0.0985 e. The van der Waals surface area contributed by atoms with Crippen LogP contribution in [0.3, 0.4) is 0 Å². The molecule has 0 saturated heterocycles. The quantitative estimate of drug-likeness (QED) is 0.648. The van der Waals surface area contributed by atoms with Crippen LogP contribution in [0.25, 0.3) is 12.2 Å². The summed E-state index contributed by atoms with van der Waals surface area (Å²) in [7, 11) is 0. The Balaban J connectivity index is 3.17. The fraction of sp³-hybridized carbons (Fsp3) is 0.231. The summed E-state index contributed by atoms with van der Waals surface area (Å²) in [5.41, 5.74) is 3.89. The Labute approximate surface area is 80.6 Å². The lowest BCUT2D eigenvalue weighted by Crippen LogP contribution is -1.86. The predicted octanol–water partition coefficient (Wildman–Crippen LogP) is 3.93. The van der Waals surface area contributed by atoms with Gasteiger partial charge in [-0.1, -0.05) is 43.9 Å². The van der Waals surface area contributed by atoms with Crippen molar-refractivity contribution in [2.75, 3.05) is 0 Å². The first kappa shape index (κ1) is 9.79. The number of benzene rings is 1. The summed E-state index contributed by atoms with van der Waals surface area (Å²) in [6.07, 6.45) is 7.18. The first-order valence-electron chi connectivity index (χ1n) is 4.69. The Hall–Kier alpha value is -1.30. The van der Waals surface area contributed by atoms with Gasteiger partial charge in [-0.05, 0) is 36.1 Å². The molecular formula is C13H16. The molecule has 0 fully saturated rings. The van der Waals surface area contributed by atoms with Gasteiger partial charge < -0.3 is 0 Å². The van der Waals surface area contributed by atoms with Crippen LogP contribution in [-0.2, 0) is 6.42 Å². The van der Waals surface area contributed by atoms with Crippen molar-refractivity contribution in [2.45, 2.75) is 20.3 Å². The Kier molecular flexibility index (Phi) is 3.51. The molecule has 0 aliphatic heterocycles. The van der Waals surface area contributed by atoms with Gasteiger partial charge in [-0.2, -0.15) is 0 Å². The molecule has 0 aliphatic rings. The SMILES string of the molecule is C=Cc1ccc(CC)c(C=CC)c1. The van der Waals surface area contributed by atoms with Gasteiger partial charge in [0.15, 0.2) is 0 Å². The van der Waals surface area contributed by atoms with Crippen molar-refractivity contribution in [1.82, 2.24) is 0 Å². The summed E-state index contributed by atoms with van der Waals surface area (Å²) in [4.78, 5) is 0. The molecule has 1 rings (SSSR count). The first-order chi connectivity index (χ1) is 6.31. The third kappa shape index (κ3) is 2.32. The Morgan fingerprint density at radius 1 is 1.38 bits per heavy atom. The molecule has 0 amide bonds. The van der Waals surface area contributed by atoms with E-state index in [-0.39, 0.29) is 0 Å². The molecule has 1 aromatic rings. The molecule has 0 saturated carbocycles. The minimum absolute atomic E-state index is 1.08. The van der Waals surface area contributed by atoms with Crippen molar-refractivity contribution in [3.8, 4) is 0 Å². The second-order valence-electron chi connectivity index (χ2n) is 3.02. The molecule has 0 nitrogen and oxygen atoms in total. The van der Waals surface area contributed by atoms with E-state index in [0.29, 0.717) is 0 Å². The molecular weight excluding hydrogens is 156 g/mol. The van der Waals surface area contributed by atoms with E-state index in [1.807, 2.05) is 13.0 Å². The van der Waals surface area contributed by atoms with Gasteiger partial charge in [0.25, 0.3) is 0 Å². The number of allylic oxidation sites excluding steroid dienone is 1. The lowest BCUT2D eigenvalue weighted by atomic mass is 10.0. The minimum atomic E-state index is 1.08. The topological polar surface area (TPSA) is 0 Å². The van der Waals surface area contributed by atoms with Crippen LogP contribution in [-0.4, -0.2) is 0 Å². The average Bonchev–Trinajstić information content (AvgIpc) is 2.18. The van der Waals surface area contributed by atoms with Crippen LogP contribution in [0.15, 0.2) is 30.9 Å². The van der Waals surface area contributed by atoms with Gasteiger partial charge in [0.05, 0.1) is 0 Å². The normalized spacial score (nSPS) is 10.6. The fourth-order valence-electron chi connectivity index (χ4n) is 1.40. The molecule has 0 aliphatic carbocycles. The number of hydrogen-bond acceptors (Lipinski definition) is 0. The van der Waals surface area contributed by atoms with Gasteiger partial charge >= 0.3 is 0 Å². The molecule has 0 unspecified atom stereocenters. The molecule has 1 aromatic carbocycles. The summed E-state index contributed by atoms with van der Waals surface area (Å²) in [5, 5.41) is 0. The summed E-state index contributed by atoms with van der Waals surface area (Å²) < 4.78 is 0. The van der Waals surface area contributed by atoms with Crippen LogP contribution in [0, 0.1) is 0 Å². The van der Waals surface area contributed by atoms with Crippen LogP contribution < -0.4 is 0 Å². The Morgan fingerprint density at radius 3 is 2.69 bits per heavy atom. The van der Waals surface area contributed by atoms with Crippen LogP contribution in [0.2, 0.25) is 0 Å². The highest BCUT2D eigenvalue weighted by molar-refractivity contribution is 5.60. The van der Waals surface area contributed by atoms with Gasteiger partial charge in [-0.15, -0.1) is 0 Å². The molecule has 0 bridgehead atoms. The van der Waals surface area contributed by atoms with Gasteiger partial charge in [-0.3, -0.25) is 0 Å². The van der Waals surface area contributed by atoms with Crippen molar-refractivity contribution >= 4 is 12.2 Å². The molecule has 68 valence electrons. The highest BCUT2D eigenvalue weighted by atomic mass is 14.0. The van der Waals surface area contributed by atoms with E-state index in [2.05, 4.69) is 43.9 Å². The summed E-state index contributed by atoms with van der Waals surface area (Å²) in [6.45, 7) is 7.98. The number of aryl methyl sites for hydroxylation is 1. The largest absolute Gasteiger partial charge is 0.0985 e. The maximum absolute atomic E-state index is 3.76. The first-order valence-corrected chi connectivity index (χ1v) is 4.69. The molecule has 0 spiro atoms. The zero-order valence-electron chi connectivity index (χ0n) is 8.38. The molecule has 0 heterocycles. The maximum atomic E-state index is 3.76. The van der Waals surface area contributed by atoms with E-state index in [9.17, 15) is 0 Å². The lowest BCUT2D eigenvalue weighted by molar-refractivity contribution is 1.13. The van der Waals surface area contributed by atoms with Gasteiger partial charge in [-0.25, -0.2) is 0 Å². The third-order valence-corrected chi connectivity index (χ3v) is 2.13. The van der Waals surface area contributed by atoms with E-state index in [1.54, 1.807) is 0 Å². The van der Waals surface area contributed by atoms with Gasteiger partial charge in [0.1, 0.15) is 0 Å². The number of rotatable bonds is 3. The standard InChI is InChI=1S/C13H16/c1-4-7-13-10-11(5-2)8-9-12(13)6-3/h4-5,7-10H,2,6H2,1,3H3. The second-order valence-corrected chi connectivity index (χ2v) is 3.02. The monoisotopic (exact) mass is 172 g/mol. The molecule has 0 radical (unpaired) electrons. The third-order valence-electron chi connectivity index (χ3n) is 2.13. The van der Waals surface area contributed by atoms with Crippen molar-refractivity contribution in [3.63, 3.8) is 0 Å². The predicted molar refractivity (Wildman–Crippen MR) is 60.6 cm³/mol. The lowest BCUT2D eigenvalue weighted by Gasteiger charge is -2.04. The fourth-order valence-corrected chi connectivity index (χ4v) is 1.40. The summed E-state index contributed by atoms with van der Waals surface area (Å²) in [5.74, 6) is 0. The summed E-state index contributed by atoms with van der Waals surface area (Å²) in [6, 6.07) is 6.46. The van der Waals surface area contributed by atoms with Gasteiger partial charge in [0, 0.05) is 0 Å². The average molecular weight is 172 g/mol. The van der Waals surface area contributed by atoms with E-state index in [4.69, 9.17) is 0 Å². The molecule has 0 atom stereocenters. The van der Waals surface area contributed by atoms with E-state index in [1.165, 1.54) is 16.7 Å². The Bertz CT molecular complexity index is 319. The number of hydrogen-bond donors (Lipinski definition) is 0.